The second kappa shape index (κ2) is 9.10. The van der Waals surface area contributed by atoms with Gasteiger partial charge in [-0.1, -0.05) is 13.8 Å². The van der Waals surface area contributed by atoms with Crippen LogP contribution in [0.5, 0.6) is 0 Å². The molecular formula is C17H24ClF2N3O2. The Hall–Kier alpha value is -1.73. The Balaban J connectivity index is 0.00000312. The van der Waals surface area contributed by atoms with Crippen molar-refractivity contribution in [3.05, 3.63) is 35.4 Å². The van der Waals surface area contributed by atoms with Crippen molar-refractivity contribution in [2.75, 3.05) is 26.2 Å². The number of nitrogens with two attached hydrogens (primary N) is 1. The summed E-state index contributed by atoms with van der Waals surface area (Å²) in [4.78, 5) is 27.7. The van der Waals surface area contributed by atoms with Crippen molar-refractivity contribution < 1.29 is 18.4 Å². The molecule has 1 aliphatic rings. The molecule has 2 rings (SSSR count). The first-order valence-corrected chi connectivity index (χ1v) is 8.08. The van der Waals surface area contributed by atoms with Crippen molar-refractivity contribution in [1.82, 2.24) is 9.80 Å². The third-order valence-corrected chi connectivity index (χ3v) is 4.08. The molecule has 0 aliphatic carbocycles. The summed E-state index contributed by atoms with van der Waals surface area (Å²) in [6.07, 6.45) is 0.610. The third kappa shape index (κ3) is 5.37. The molecule has 1 atom stereocenters. The van der Waals surface area contributed by atoms with E-state index in [0.29, 0.717) is 44.6 Å². The van der Waals surface area contributed by atoms with Gasteiger partial charge in [-0.15, -0.1) is 12.4 Å². The minimum Gasteiger partial charge on any atom is -0.338 e. The van der Waals surface area contributed by atoms with E-state index in [-0.39, 0.29) is 23.9 Å². The van der Waals surface area contributed by atoms with Gasteiger partial charge in [0.25, 0.3) is 5.91 Å². The van der Waals surface area contributed by atoms with E-state index >= 15 is 0 Å². The molecule has 0 aromatic heterocycles. The second-order valence-electron chi connectivity index (χ2n) is 6.48. The number of carbonyl (C=O) groups excluding carboxylic acids is 2. The van der Waals surface area contributed by atoms with E-state index in [0.717, 1.165) is 12.1 Å². The van der Waals surface area contributed by atoms with Crippen LogP contribution in [-0.2, 0) is 4.79 Å². The summed E-state index contributed by atoms with van der Waals surface area (Å²) in [7, 11) is 0. The van der Waals surface area contributed by atoms with Gasteiger partial charge in [-0.25, -0.2) is 8.78 Å². The van der Waals surface area contributed by atoms with Gasteiger partial charge in [-0.2, -0.15) is 0 Å². The Labute approximate surface area is 152 Å². The number of hydrogen-bond acceptors (Lipinski definition) is 3. The lowest BCUT2D eigenvalue weighted by atomic mass is 10.0. The van der Waals surface area contributed by atoms with E-state index in [1.54, 1.807) is 4.90 Å². The highest BCUT2D eigenvalue weighted by Crippen LogP contribution is 2.15. The highest BCUT2D eigenvalue weighted by Gasteiger charge is 2.28. The van der Waals surface area contributed by atoms with Gasteiger partial charge in [-0.3, -0.25) is 9.59 Å². The summed E-state index contributed by atoms with van der Waals surface area (Å²) in [6.45, 7) is 5.33. The highest BCUT2D eigenvalue weighted by atomic mass is 35.5. The topological polar surface area (TPSA) is 66.6 Å². The molecule has 2 amide bonds. The highest BCUT2D eigenvalue weighted by molar-refractivity contribution is 5.94. The van der Waals surface area contributed by atoms with E-state index < -0.39 is 23.6 Å². The standard InChI is InChI=1S/C17H23F2N3O2.ClH/c1-11(2)9-15(20)17(24)22-7-5-21(6-8-22)16(23)13-4-3-12(18)10-14(13)19;/h3-4,10-11,15H,5-9,20H2,1-2H3;1H/t15-;/m0./s1. The van der Waals surface area contributed by atoms with Gasteiger partial charge in [0.1, 0.15) is 11.6 Å². The molecular weight excluding hydrogens is 352 g/mol. The third-order valence-electron chi connectivity index (χ3n) is 4.08. The van der Waals surface area contributed by atoms with Crippen molar-refractivity contribution in [1.29, 1.82) is 0 Å². The fourth-order valence-corrected chi connectivity index (χ4v) is 2.81. The van der Waals surface area contributed by atoms with Crippen LogP contribution in [0.2, 0.25) is 0 Å². The van der Waals surface area contributed by atoms with Crippen LogP contribution in [-0.4, -0.2) is 53.8 Å². The van der Waals surface area contributed by atoms with Crippen LogP contribution in [0.15, 0.2) is 18.2 Å². The van der Waals surface area contributed by atoms with E-state index in [9.17, 15) is 18.4 Å². The van der Waals surface area contributed by atoms with Gasteiger partial charge < -0.3 is 15.5 Å². The van der Waals surface area contributed by atoms with Crippen molar-refractivity contribution >= 4 is 24.2 Å². The molecule has 1 fully saturated rings. The molecule has 8 heteroatoms. The monoisotopic (exact) mass is 375 g/mol. The van der Waals surface area contributed by atoms with Crippen LogP contribution in [0.4, 0.5) is 8.78 Å². The molecule has 5 nitrogen and oxygen atoms in total. The van der Waals surface area contributed by atoms with Crippen LogP contribution in [0.25, 0.3) is 0 Å². The van der Waals surface area contributed by atoms with Crippen molar-refractivity contribution in [3.8, 4) is 0 Å². The SMILES string of the molecule is CC(C)C[C@H](N)C(=O)N1CCN(C(=O)c2ccc(F)cc2F)CC1.Cl. The van der Waals surface area contributed by atoms with Crippen LogP contribution in [0.1, 0.15) is 30.6 Å². The second-order valence-corrected chi connectivity index (χ2v) is 6.48. The first-order chi connectivity index (χ1) is 11.3. The Bertz CT molecular complexity index is 620. The molecule has 0 spiro atoms. The molecule has 0 radical (unpaired) electrons. The largest absolute Gasteiger partial charge is 0.338 e. The quantitative estimate of drug-likeness (QED) is 0.875. The number of piperazine rings is 1. The van der Waals surface area contributed by atoms with Crippen LogP contribution in [0.3, 0.4) is 0 Å². The fourth-order valence-electron chi connectivity index (χ4n) is 2.81. The summed E-state index contributed by atoms with van der Waals surface area (Å²) >= 11 is 0. The van der Waals surface area contributed by atoms with E-state index in [2.05, 4.69) is 0 Å². The Kier molecular flexibility index (Phi) is 7.76. The minimum atomic E-state index is -0.877. The zero-order chi connectivity index (χ0) is 17.9. The van der Waals surface area contributed by atoms with Gasteiger partial charge in [-0.05, 0) is 24.5 Å². The lowest BCUT2D eigenvalue weighted by Crippen LogP contribution is -2.54. The molecule has 0 bridgehead atoms. The average Bonchev–Trinajstić information content (AvgIpc) is 2.53. The smallest absolute Gasteiger partial charge is 0.256 e. The summed E-state index contributed by atoms with van der Waals surface area (Å²) in [6, 6.07) is 2.35. The minimum absolute atomic E-state index is 0. The zero-order valence-corrected chi connectivity index (χ0v) is 15.2. The molecule has 2 N–H and O–H groups in total. The van der Waals surface area contributed by atoms with E-state index in [1.165, 1.54) is 4.90 Å². The summed E-state index contributed by atoms with van der Waals surface area (Å²) in [5.41, 5.74) is 5.75. The zero-order valence-electron chi connectivity index (χ0n) is 14.4. The number of nitrogens with zero attached hydrogens (tertiary/aromatic N) is 2. The number of hydrogen-bond donors (Lipinski definition) is 1. The molecule has 1 aromatic carbocycles. The fraction of sp³-hybridized carbons (Fsp3) is 0.529. The summed E-state index contributed by atoms with van der Waals surface area (Å²) in [5.74, 6) is -1.89. The van der Waals surface area contributed by atoms with E-state index in [4.69, 9.17) is 5.73 Å². The van der Waals surface area contributed by atoms with E-state index in [1.807, 2.05) is 13.8 Å². The average molecular weight is 376 g/mol. The predicted octanol–water partition coefficient (Wildman–Crippen LogP) is 2.04. The number of benzene rings is 1. The van der Waals surface area contributed by atoms with Crippen molar-refractivity contribution in [2.24, 2.45) is 11.7 Å². The Morgan fingerprint density at radius 2 is 1.68 bits per heavy atom. The molecule has 0 saturated carbocycles. The number of amides is 2. The molecule has 1 saturated heterocycles. The van der Waals surface area contributed by atoms with Crippen LogP contribution >= 0.6 is 12.4 Å². The molecule has 1 aromatic rings. The first-order valence-electron chi connectivity index (χ1n) is 8.08. The lowest BCUT2D eigenvalue weighted by molar-refractivity contribution is -0.134. The Morgan fingerprint density at radius 1 is 1.12 bits per heavy atom. The molecule has 0 unspecified atom stereocenters. The number of rotatable bonds is 4. The van der Waals surface area contributed by atoms with Crippen molar-refractivity contribution in [3.63, 3.8) is 0 Å². The maximum Gasteiger partial charge on any atom is 0.256 e. The van der Waals surface area contributed by atoms with Gasteiger partial charge in [0.2, 0.25) is 5.91 Å². The van der Waals surface area contributed by atoms with Crippen LogP contribution in [0, 0.1) is 17.6 Å². The number of halogens is 3. The van der Waals surface area contributed by atoms with Gasteiger partial charge in [0.15, 0.2) is 0 Å². The molecule has 1 aliphatic heterocycles. The maximum absolute atomic E-state index is 13.7. The Morgan fingerprint density at radius 3 is 2.20 bits per heavy atom. The normalized spacial score (nSPS) is 15.8. The lowest BCUT2D eigenvalue weighted by Gasteiger charge is -2.36. The first kappa shape index (κ1) is 21.3. The van der Waals surface area contributed by atoms with Crippen LogP contribution < -0.4 is 5.73 Å². The predicted molar refractivity (Wildman–Crippen MR) is 93.5 cm³/mol. The van der Waals surface area contributed by atoms with Gasteiger partial charge >= 0.3 is 0 Å². The molecule has 140 valence electrons. The summed E-state index contributed by atoms with van der Waals surface area (Å²) in [5, 5.41) is 0. The summed E-state index contributed by atoms with van der Waals surface area (Å²) < 4.78 is 26.7. The molecule has 25 heavy (non-hydrogen) atoms. The van der Waals surface area contributed by atoms with Crippen molar-refractivity contribution in [2.45, 2.75) is 26.3 Å². The number of carbonyl (C=O) groups is 2. The molecule has 1 heterocycles. The van der Waals surface area contributed by atoms with Gasteiger partial charge in [0, 0.05) is 32.2 Å². The maximum atomic E-state index is 13.7. The van der Waals surface area contributed by atoms with Gasteiger partial charge in [0.05, 0.1) is 11.6 Å².